The number of carbonyl (C=O) groups is 1. The molecular weight excluding hydrogens is 226 g/mol. The molecule has 1 aromatic carbocycles. The third-order valence-electron chi connectivity index (χ3n) is 3.59. The van der Waals surface area contributed by atoms with Gasteiger partial charge in [-0.3, -0.25) is 4.79 Å². The first-order valence-electron chi connectivity index (χ1n) is 5.55. The topological polar surface area (TPSA) is 37.3 Å². The molecule has 0 saturated heterocycles. The Morgan fingerprint density at radius 2 is 1.76 bits per heavy atom. The van der Waals surface area contributed by atoms with Crippen LogP contribution in [0.3, 0.4) is 0 Å². The van der Waals surface area contributed by atoms with E-state index in [1.54, 1.807) is 13.8 Å². The first kappa shape index (κ1) is 12.0. The van der Waals surface area contributed by atoms with E-state index in [0.29, 0.717) is 29.5 Å². The molecule has 0 aromatic heterocycles. The molecule has 1 aliphatic rings. The molecule has 17 heavy (non-hydrogen) atoms. The molecule has 92 valence electrons. The van der Waals surface area contributed by atoms with Gasteiger partial charge in [0.25, 0.3) is 0 Å². The third kappa shape index (κ3) is 1.92. The van der Waals surface area contributed by atoms with E-state index in [9.17, 15) is 13.6 Å². The molecular formula is C13H14F2O2. The molecule has 0 radical (unpaired) electrons. The SMILES string of the molecule is Cc1c(F)cc(F)c(C)c1C1(CC(=O)O)CC1. The Labute approximate surface area is 98.3 Å². The largest absolute Gasteiger partial charge is 0.481 e. The van der Waals surface area contributed by atoms with Crippen molar-refractivity contribution in [2.24, 2.45) is 0 Å². The van der Waals surface area contributed by atoms with Crippen LogP contribution in [-0.4, -0.2) is 11.1 Å². The summed E-state index contributed by atoms with van der Waals surface area (Å²) in [6.07, 6.45) is 1.31. The van der Waals surface area contributed by atoms with Crippen LogP contribution in [0.25, 0.3) is 0 Å². The molecule has 0 amide bonds. The van der Waals surface area contributed by atoms with Gasteiger partial charge in [-0.2, -0.15) is 0 Å². The van der Waals surface area contributed by atoms with Crippen molar-refractivity contribution in [3.05, 3.63) is 34.4 Å². The lowest BCUT2D eigenvalue weighted by Crippen LogP contribution is -2.17. The van der Waals surface area contributed by atoms with Gasteiger partial charge in [-0.1, -0.05) is 0 Å². The number of rotatable bonds is 3. The number of benzene rings is 1. The fourth-order valence-electron chi connectivity index (χ4n) is 2.60. The molecule has 0 bridgehead atoms. The maximum Gasteiger partial charge on any atom is 0.304 e. The van der Waals surface area contributed by atoms with Crippen molar-refractivity contribution in [3.63, 3.8) is 0 Å². The predicted molar refractivity (Wildman–Crippen MR) is 59.0 cm³/mol. The van der Waals surface area contributed by atoms with Crippen LogP contribution in [0.1, 0.15) is 36.0 Å². The summed E-state index contributed by atoms with van der Waals surface area (Å²) in [5.74, 6) is -2.12. The van der Waals surface area contributed by atoms with Gasteiger partial charge in [0.2, 0.25) is 0 Å². The summed E-state index contributed by atoms with van der Waals surface area (Å²) in [4.78, 5) is 10.8. The second-order valence-corrected chi connectivity index (χ2v) is 4.82. The zero-order valence-corrected chi connectivity index (χ0v) is 9.81. The minimum absolute atomic E-state index is 0.0580. The molecule has 1 saturated carbocycles. The molecule has 0 aliphatic heterocycles. The van der Waals surface area contributed by atoms with Crippen molar-refractivity contribution in [2.45, 2.75) is 38.5 Å². The lowest BCUT2D eigenvalue weighted by Gasteiger charge is -2.20. The summed E-state index contributed by atoms with van der Waals surface area (Å²) >= 11 is 0. The average molecular weight is 240 g/mol. The molecule has 2 nitrogen and oxygen atoms in total. The quantitative estimate of drug-likeness (QED) is 0.881. The summed E-state index contributed by atoms with van der Waals surface area (Å²) in [5.41, 5.74) is 0.755. The minimum Gasteiger partial charge on any atom is -0.481 e. The Hall–Kier alpha value is -1.45. The predicted octanol–water partition coefficient (Wildman–Crippen LogP) is 3.09. The van der Waals surface area contributed by atoms with E-state index in [4.69, 9.17) is 5.11 Å². The van der Waals surface area contributed by atoms with Gasteiger partial charge in [-0.15, -0.1) is 0 Å². The van der Waals surface area contributed by atoms with E-state index in [1.807, 2.05) is 0 Å². The van der Waals surface area contributed by atoms with Gasteiger partial charge >= 0.3 is 5.97 Å². The highest BCUT2D eigenvalue weighted by Crippen LogP contribution is 2.53. The van der Waals surface area contributed by atoms with Gasteiger partial charge in [0.1, 0.15) is 11.6 Å². The smallest absolute Gasteiger partial charge is 0.304 e. The second-order valence-electron chi connectivity index (χ2n) is 4.82. The number of hydrogen-bond acceptors (Lipinski definition) is 1. The van der Waals surface area contributed by atoms with Crippen molar-refractivity contribution in [2.75, 3.05) is 0 Å². The van der Waals surface area contributed by atoms with E-state index in [2.05, 4.69) is 0 Å². The standard InChI is InChI=1S/C13H14F2O2/c1-7-9(14)5-10(15)8(2)12(7)13(3-4-13)6-11(16)17/h5H,3-4,6H2,1-2H3,(H,16,17). The normalized spacial score (nSPS) is 16.9. The Kier molecular flexibility index (Phi) is 2.68. The first-order valence-corrected chi connectivity index (χ1v) is 5.55. The molecule has 1 aromatic rings. The summed E-state index contributed by atoms with van der Waals surface area (Å²) in [7, 11) is 0. The van der Waals surface area contributed by atoms with Crippen molar-refractivity contribution >= 4 is 5.97 Å². The van der Waals surface area contributed by atoms with Crippen LogP contribution in [0.15, 0.2) is 6.07 Å². The van der Waals surface area contributed by atoms with Gasteiger partial charge in [0.05, 0.1) is 6.42 Å². The van der Waals surface area contributed by atoms with Gasteiger partial charge < -0.3 is 5.11 Å². The lowest BCUT2D eigenvalue weighted by molar-refractivity contribution is -0.137. The number of carboxylic acids is 1. The molecule has 2 rings (SSSR count). The maximum absolute atomic E-state index is 13.5. The van der Waals surface area contributed by atoms with E-state index in [0.717, 1.165) is 6.07 Å². The second kappa shape index (κ2) is 3.79. The van der Waals surface area contributed by atoms with Gasteiger partial charge in [-0.05, 0) is 43.4 Å². The molecule has 1 aliphatic carbocycles. The van der Waals surface area contributed by atoms with Crippen LogP contribution in [0, 0.1) is 25.5 Å². The molecule has 4 heteroatoms. The maximum atomic E-state index is 13.5. The number of hydrogen-bond donors (Lipinski definition) is 1. The van der Waals surface area contributed by atoms with Crippen LogP contribution in [0.4, 0.5) is 8.78 Å². The van der Waals surface area contributed by atoms with Crippen LogP contribution in [0.2, 0.25) is 0 Å². The fourth-order valence-corrected chi connectivity index (χ4v) is 2.60. The lowest BCUT2D eigenvalue weighted by atomic mass is 9.85. The molecule has 0 heterocycles. The molecule has 0 spiro atoms. The van der Waals surface area contributed by atoms with Crippen molar-refractivity contribution < 1.29 is 18.7 Å². The zero-order valence-electron chi connectivity index (χ0n) is 9.81. The molecule has 0 atom stereocenters. The highest BCUT2D eigenvalue weighted by molar-refractivity contribution is 5.70. The minimum atomic E-state index is -0.925. The summed E-state index contributed by atoms with van der Waals surface area (Å²) in [6, 6.07) is 0.866. The number of aliphatic carboxylic acids is 1. The summed E-state index contributed by atoms with van der Waals surface area (Å²) < 4.78 is 27.1. The number of carboxylic acid groups (broad SMARTS) is 1. The molecule has 1 N–H and O–H groups in total. The number of halogens is 2. The zero-order chi connectivity index (χ0) is 12.8. The van der Waals surface area contributed by atoms with Crippen molar-refractivity contribution in [1.82, 2.24) is 0 Å². The van der Waals surface area contributed by atoms with Crippen molar-refractivity contribution in [1.29, 1.82) is 0 Å². The van der Waals surface area contributed by atoms with Gasteiger partial charge in [0, 0.05) is 11.5 Å². The Morgan fingerprint density at radius 3 is 2.12 bits per heavy atom. The Bertz CT molecular complexity index is 464. The van der Waals surface area contributed by atoms with Crippen LogP contribution < -0.4 is 0 Å². The van der Waals surface area contributed by atoms with E-state index >= 15 is 0 Å². The molecule has 1 fully saturated rings. The molecule has 0 unspecified atom stereocenters. The van der Waals surface area contributed by atoms with E-state index < -0.39 is 23.0 Å². The highest BCUT2D eigenvalue weighted by Gasteiger charge is 2.48. The van der Waals surface area contributed by atoms with Gasteiger partial charge in [0.15, 0.2) is 0 Å². The van der Waals surface area contributed by atoms with E-state index in [1.165, 1.54) is 0 Å². The van der Waals surface area contributed by atoms with Crippen LogP contribution >= 0.6 is 0 Å². The van der Waals surface area contributed by atoms with Crippen molar-refractivity contribution in [3.8, 4) is 0 Å². The summed E-state index contributed by atoms with van der Waals surface area (Å²) in [5, 5.41) is 8.88. The third-order valence-corrected chi connectivity index (χ3v) is 3.59. The Morgan fingerprint density at radius 1 is 1.29 bits per heavy atom. The first-order chi connectivity index (χ1) is 7.87. The highest BCUT2D eigenvalue weighted by atomic mass is 19.1. The fraction of sp³-hybridized carbons (Fsp3) is 0.462. The van der Waals surface area contributed by atoms with Gasteiger partial charge in [-0.25, -0.2) is 8.78 Å². The average Bonchev–Trinajstić information content (AvgIpc) is 2.95. The van der Waals surface area contributed by atoms with E-state index in [-0.39, 0.29) is 6.42 Å². The Balaban J connectivity index is 2.55. The summed E-state index contributed by atoms with van der Waals surface area (Å²) in [6.45, 7) is 3.16. The van der Waals surface area contributed by atoms with Crippen LogP contribution in [-0.2, 0) is 10.2 Å². The van der Waals surface area contributed by atoms with Crippen LogP contribution in [0.5, 0.6) is 0 Å². The monoisotopic (exact) mass is 240 g/mol.